The lowest BCUT2D eigenvalue weighted by molar-refractivity contribution is 0.102. The molecule has 29 heavy (non-hydrogen) atoms. The summed E-state index contributed by atoms with van der Waals surface area (Å²) >= 11 is 7.30. The van der Waals surface area contributed by atoms with E-state index in [2.05, 4.69) is 25.6 Å². The fourth-order valence-electron chi connectivity index (χ4n) is 3.14. The van der Waals surface area contributed by atoms with Gasteiger partial charge in [-0.05, 0) is 13.0 Å². The molecule has 0 unspecified atom stereocenters. The molecule has 1 aliphatic rings. The molecule has 0 bridgehead atoms. The first kappa shape index (κ1) is 19.7. The zero-order valence-corrected chi connectivity index (χ0v) is 17.2. The Bertz CT molecular complexity index is 1080. The number of aromatic nitrogens is 3. The Morgan fingerprint density at radius 1 is 1.38 bits per heavy atom. The van der Waals surface area contributed by atoms with Gasteiger partial charge in [-0.1, -0.05) is 11.6 Å². The molecule has 3 aromatic heterocycles. The number of hydrogen-bond acceptors (Lipinski definition) is 7. The number of ether oxygens (including phenoxy) is 1. The highest BCUT2D eigenvalue weighted by Gasteiger charge is 2.24. The minimum absolute atomic E-state index is 0.0609. The number of fused-ring (bicyclic) bond motifs is 1. The van der Waals surface area contributed by atoms with Gasteiger partial charge in [-0.3, -0.25) is 15.1 Å². The van der Waals surface area contributed by atoms with Crippen LogP contribution in [0.4, 0.5) is 9.52 Å². The van der Waals surface area contributed by atoms with Crippen LogP contribution in [0.25, 0.3) is 11.1 Å². The fourth-order valence-corrected chi connectivity index (χ4v) is 4.26. The highest BCUT2D eigenvalue weighted by Crippen LogP contribution is 2.37. The Morgan fingerprint density at radius 2 is 2.21 bits per heavy atom. The van der Waals surface area contributed by atoms with Gasteiger partial charge in [0.25, 0.3) is 5.91 Å². The maximum atomic E-state index is 14.8. The van der Waals surface area contributed by atoms with E-state index >= 15 is 0 Å². The van der Waals surface area contributed by atoms with Gasteiger partial charge in [0.1, 0.15) is 5.75 Å². The van der Waals surface area contributed by atoms with Crippen LogP contribution < -0.4 is 15.4 Å². The summed E-state index contributed by atoms with van der Waals surface area (Å²) < 4.78 is 20.1. The van der Waals surface area contributed by atoms with Gasteiger partial charge in [0, 0.05) is 41.8 Å². The predicted octanol–water partition coefficient (Wildman–Crippen LogP) is 3.61. The number of amides is 1. The van der Waals surface area contributed by atoms with Crippen molar-refractivity contribution >= 4 is 34.0 Å². The number of aryl methyl sites for hydroxylation is 1. The average molecular weight is 434 g/mol. The summed E-state index contributed by atoms with van der Waals surface area (Å²) in [7, 11) is 1.40. The first-order chi connectivity index (χ1) is 14.0. The lowest BCUT2D eigenvalue weighted by atomic mass is 10.00. The second kappa shape index (κ2) is 8.02. The predicted molar refractivity (Wildman–Crippen MR) is 109 cm³/mol. The van der Waals surface area contributed by atoms with Crippen molar-refractivity contribution in [3.05, 3.63) is 51.3 Å². The van der Waals surface area contributed by atoms with Crippen LogP contribution >= 0.6 is 22.9 Å². The number of rotatable bonds is 4. The number of anilines is 1. The molecule has 3 aromatic rings. The summed E-state index contributed by atoms with van der Waals surface area (Å²) in [4.78, 5) is 26.6. The van der Waals surface area contributed by atoms with Gasteiger partial charge in [0.2, 0.25) is 0 Å². The van der Waals surface area contributed by atoms with Crippen molar-refractivity contribution in [1.29, 1.82) is 0 Å². The molecule has 4 rings (SSSR count). The molecule has 4 heterocycles. The first-order valence-electron chi connectivity index (χ1n) is 8.83. The number of nitrogens with one attached hydrogen (secondary N) is 2. The molecule has 0 atom stereocenters. The second-order valence-corrected chi connectivity index (χ2v) is 7.89. The van der Waals surface area contributed by atoms with E-state index in [0.717, 1.165) is 30.1 Å². The number of halogens is 2. The van der Waals surface area contributed by atoms with Gasteiger partial charge in [-0.15, -0.1) is 11.3 Å². The number of hydrogen-bond donors (Lipinski definition) is 2. The van der Waals surface area contributed by atoms with E-state index in [9.17, 15) is 9.18 Å². The first-order valence-corrected chi connectivity index (χ1v) is 10.0. The molecule has 10 heteroatoms. The SMILES string of the molecule is COc1cnc(Cl)c(F)c1-c1cc(C)ncc1C(=O)Nc1nc2c(s1)CNCC2. The molecule has 0 saturated carbocycles. The Balaban J connectivity index is 1.75. The fraction of sp³-hybridized carbons (Fsp3) is 0.263. The van der Waals surface area contributed by atoms with Crippen LogP contribution in [-0.2, 0) is 13.0 Å². The van der Waals surface area contributed by atoms with Gasteiger partial charge >= 0.3 is 0 Å². The van der Waals surface area contributed by atoms with Crippen LogP contribution in [0, 0.1) is 12.7 Å². The third-order valence-electron chi connectivity index (χ3n) is 4.54. The Hall–Kier alpha value is -2.62. The quantitative estimate of drug-likeness (QED) is 0.611. The van der Waals surface area contributed by atoms with E-state index in [0.29, 0.717) is 16.4 Å². The summed E-state index contributed by atoms with van der Waals surface area (Å²) in [6, 6.07) is 1.61. The molecule has 0 aromatic carbocycles. The van der Waals surface area contributed by atoms with Crippen molar-refractivity contribution in [3.63, 3.8) is 0 Å². The van der Waals surface area contributed by atoms with Crippen LogP contribution in [0.2, 0.25) is 5.15 Å². The van der Waals surface area contributed by atoms with E-state index in [1.54, 1.807) is 13.0 Å². The largest absolute Gasteiger partial charge is 0.494 e. The van der Waals surface area contributed by atoms with E-state index in [1.165, 1.54) is 30.8 Å². The monoisotopic (exact) mass is 433 g/mol. The zero-order chi connectivity index (χ0) is 20.5. The summed E-state index contributed by atoms with van der Waals surface area (Å²) in [6.07, 6.45) is 3.54. The van der Waals surface area contributed by atoms with Crippen LogP contribution in [0.5, 0.6) is 5.75 Å². The highest BCUT2D eigenvalue weighted by molar-refractivity contribution is 7.15. The van der Waals surface area contributed by atoms with Crippen LogP contribution in [-0.4, -0.2) is 34.5 Å². The molecular weight excluding hydrogens is 417 g/mol. The molecule has 7 nitrogen and oxygen atoms in total. The third kappa shape index (κ3) is 3.81. The third-order valence-corrected chi connectivity index (χ3v) is 5.82. The van der Waals surface area contributed by atoms with Crippen molar-refractivity contribution < 1.29 is 13.9 Å². The molecule has 0 saturated heterocycles. The molecule has 0 spiro atoms. The van der Waals surface area contributed by atoms with Crippen molar-refractivity contribution in [2.45, 2.75) is 19.9 Å². The van der Waals surface area contributed by atoms with Gasteiger partial charge in [-0.25, -0.2) is 14.4 Å². The molecule has 2 N–H and O–H groups in total. The number of carbonyl (C=O) groups is 1. The maximum Gasteiger partial charge on any atom is 0.259 e. The summed E-state index contributed by atoms with van der Waals surface area (Å²) in [5.41, 5.74) is 2.16. The molecule has 1 amide bonds. The molecule has 1 aliphatic heterocycles. The smallest absolute Gasteiger partial charge is 0.259 e. The van der Waals surface area contributed by atoms with E-state index < -0.39 is 11.7 Å². The molecule has 0 fully saturated rings. The standard InChI is InChI=1S/C19H17ClFN5O2S/c1-9-5-10(15-13(28-2)7-24-17(20)16(15)21)11(6-23-9)18(27)26-19-25-12-3-4-22-8-14(12)29-19/h5-7,22H,3-4,8H2,1-2H3,(H,25,26,27). The zero-order valence-electron chi connectivity index (χ0n) is 15.7. The van der Waals surface area contributed by atoms with Crippen LogP contribution in [0.3, 0.4) is 0 Å². The van der Waals surface area contributed by atoms with Crippen LogP contribution in [0.15, 0.2) is 18.5 Å². The number of thiazole rings is 1. The van der Waals surface area contributed by atoms with E-state index in [1.807, 2.05) is 0 Å². The number of nitrogens with zero attached hydrogens (tertiary/aromatic N) is 3. The molecule has 0 aliphatic carbocycles. The Kier molecular flexibility index (Phi) is 5.44. The Morgan fingerprint density at radius 3 is 2.97 bits per heavy atom. The van der Waals surface area contributed by atoms with Crippen molar-refractivity contribution in [2.75, 3.05) is 19.0 Å². The second-order valence-electron chi connectivity index (χ2n) is 6.45. The average Bonchev–Trinajstić information content (AvgIpc) is 3.12. The maximum absolute atomic E-state index is 14.8. The summed E-state index contributed by atoms with van der Waals surface area (Å²) in [6.45, 7) is 3.34. The molecular formula is C19H17ClFN5O2S. The lowest BCUT2D eigenvalue weighted by Crippen LogP contribution is -2.22. The van der Waals surface area contributed by atoms with Crippen molar-refractivity contribution in [1.82, 2.24) is 20.3 Å². The minimum Gasteiger partial charge on any atom is -0.494 e. The Labute approximate surface area is 175 Å². The summed E-state index contributed by atoms with van der Waals surface area (Å²) in [5.74, 6) is -1.04. The number of methoxy groups -OCH3 is 1. The van der Waals surface area contributed by atoms with Crippen molar-refractivity contribution in [3.8, 4) is 16.9 Å². The van der Waals surface area contributed by atoms with Gasteiger partial charge in [0.05, 0.1) is 30.1 Å². The number of pyridine rings is 2. The topological polar surface area (TPSA) is 89.0 Å². The van der Waals surface area contributed by atoms with Gasteiger partial charge in [0.15, 0.2) is 16.1 Å². The molecule has 0 radical (unpaired) electrons. The number of carbonyl (C=O) groups excluding carboxylic acids is 1. The summed E-state index contributed by atoms with van der Waals surface area (Å²) in [5, 5.41) is 6.27. The van der Waals surface area contributed by atoms with Gasteiger partial charge in [-0.2, -0.15) is 0 Å². The lowest BCUT2D eigenvalue weighted by Gasteiger charge is -2.14. The van der Waals surface area contributed by atoms with E-state index in [-0.39, 0.29) is 22.0 Å². The normalized spacial score (nSPS) is 13.1. The minimum atomic E-state index is -0.763. The molecule has 150 valence electrons. The van der Waals surface area contributed by atoms with Crippen molar-refractivity contribution in [2.24, 2.45) is 0 Å². The van der Waals surface area contributed by atoms with E-state index in [4.69, 9.17) is 16.3 Å². The highest BCUT2D eigenvalue weighted by atomic mass is 35.5. The van der Waals surface area contributed by atoms with Crippen LogP contribution in [0.1, 0.15) is 26.6 Å². The van der Waals surface area contributed by atoms with Gasteiger partial charge < -0.3 is 10.1 Å².